The molecule has 0 spiro atoms. The van der Waals surface area contributed by atoms with Crippen LogP contribution in [-0.2, 0) is 10.3 Å². The Hall–Kier alpha value is -3.55. The highest BCUT2D eigenvalue weighted by atomic mass is 16.5. The van der Waals surface area contributed by atoms with E-state index in [4.69, 9.17) is 9.47 Å². The van der Waals surface area contributed by atoms with E-state index in [-0.39, 0.29) is 5.56 Å². The molecule has 27 heavy (non-hydrogen) atoms. The van der Waals surface area contributed by atoms with Crippen molar-refractivity contribution in [3.63, 3.8) is 0 Å². The summed E-state index contributed by atoms with van der Waals surface area (Å²) >= 11 is 0. The molecule has 0 bridgehead atoms. The third kappa shape index (κ3) is 3.29. The van der Waals surface area contributed by atoms with Gasteiger partial charge < -0.3 is 14.8 Å². The zero-order valence-electron chi connectivity index (χ0n) is 15.1. The molecule has 0 saturated carbocycles. The summed E-state index contributed by atoms with van der Waals surface area (Å²) in [6.07, 6.45) is 0. The van der Waals surface area contributed by atoms with Crippen LogP contribution >= 0.6 is 0 Å². The summed E-state index contributed by atoms with van der Waals surface area (Å²) in [6, 6.07) is 12.7. The number of methoxy groups -OCH3 is 2. The second-order valence-corrected chi connectivity index (χ2v) is 6.10. The zero-order chi connectivity index (χ0) is 19.6. The number of hydrogen-bond donors (Lipinski definition) is 2. The first kappa shape index (κ1) is 18.2. The second kappa shape index (κ2) is 6.99. The molecule has 8 nitrogen and oxygen atoms in total. The molecule has 1 aliphatic heterocycles. The monoisotopic (exact) mass is 369 g/mol. The van der Waals surface area contributed by atoms with E-state index in [9.17, 15) is 14.4 Å². The summed E-state index contributed by atoms with van der Waals surface area (Å²) in [5.41, 5.74) is 1.87. The van der Waals surface area contributed by atoms with Crippen LogP contribution in [0.4, 0.5) is 4.79 Å². The van der Waals surface area contributed by atoms with E-state index in [1.54, 1.807) is 37.3 Å². The third-order valence-electron chi connectivity index (χ3n) is 4.37. The van der Waals surface area contributed by atoms with Crippen LogP contribution in [0.5, 0.6) is 11.5 Å². The number of carbonyl (C=O) groups is 3. The van der Waals surface area contributed by atoms with Crippen LogP contribution in [0.25, 0.3) is 0 Å². The Morgan fingerprint density at radius 3 is 2.19 bits per heavy atom. The zero-order valence-corrected chi connectivity index (χ0v) is 15.1. The smallest absolute Gasteiger partial charge is 0.344 e. The first-order valence-electron chi connectivity index (χ1n) is 8.15. The maximum Gasteiger partial charge on any atom is 0.344 e. The Labute approximate surface area is 156 Å². The topological polar surface area (TPSA) is 97.0 Å². The lowest BCUT2D eigenvalue weighted by Gasteiger charge is -2.22. The van der Waals surface area contributed by atoms with Crippen LogP contribution in [0.2, 0.25) is 0 Å². The normalized spacial score (nSPS) is 18.9. The molecule has 1 saturated heterocycles. The van der Waals surface area contributed by atoms with E-state index in [0.717, 1.165) is 0 Å². The van der Waals surface area contributed by atoms with E-state index in [0.29, 0.717) is 22.1 Å². The highest BCUT2D eigenvalue weighted by molar-refractivity contribution is 6.09. The Morgan fingerprint density at radius 2 is 1.63 bits per heavy atom. The molecular weight excluding hydrogens is 350 g/mol. The molecule has 3 rings (SSSR count). The van der Waals surface area contributed by atoms with Crippen LogP contribution in [0.1, 0.15) is 22.8 Å². The van der Waals surface area contributed by atoms with E-state index in [2.05, 4.69) is 10.7 Å². The number of carbonyl (C=O) groups excluding carboxylic acids is 3. The number of rotatable bonds is 5. The van der Waals surface area contributed by atoms with Crippen LogP contribution in [0.3, 0.4) is 0 Å². The molecule has 140 valence electrons. The van der Waals surface area contributed by atoms with Crippen molar-refractivity contribution in [2.24, 2.45) is 0 Å². The predicted molar refractivity (Wildman–Crippen MR) is 96.2 cm³/mol. The molecule has 2 aromatic rings. The number of benzene rings is 2. The van der Waals surface area contributed by atoms with Gasteiger partial charge in [-0.1, -0.05) is 30.3 Å². The minimum absolute atomic E-state index is 0.181. The van der Waals surface area contributed by atoms with Gasteiger partial charge in [-0.15, -0.1) is 0 Å². The second-order valence-electron chi connectivity index (χ2n) is 6.10. The largest absolute Gasteiger partial charge is 0.497 e. The number of hydrogen-bond acceptors (Lipinski definition) is 5. The van der Waals surface area contributed by atoms with Crippen molar-refractivity contribution in [3.05, 3.63) is 59.7 Å². The Morgan fingerprint density at radius 1 is 1.04 bits per heavy atom. The molecule has 1 aliphatic rings. The standard InChI is InChI=1S/C19H19N3O5/c1-19(13-7-5-4-6-8-13)17(24)22(18(25)20-19)21-16(23)12-9-14(26-2)11-15(10-12)27-3/h4-11H,1-3H3,(H,20,25)(H,21,23)/t19-/m1/s1. The first-order chi connectivity index (χ1) is 12.9. The Bertz CT molecular complexity index is 877. The van der Waals surface area contributed by atoms with Gasteiger partial charge >= 0.3 is 6.03 Å². The highest BCUT2D eigenvalue weighted by Gasteiger charge is 2.50. The summed E-state index contributed by atoms with van der Waals surface area (Å²) < 4.78 is 10.3. The maximum atomic E-state index is 12.8. The summed E-state index contributed by atoms with van der Waals surface area (Å²) in [5.74, 6) is -0.411. The van der Waals surface area contributed by atoms with Gasteiger partial charge in [0.2, 0.25) is 0 Å². The van der Waals surface area contributed by atoms with Crippen LogP contribution in [0.15, 0.2) is 48.5 Å². The fraction of sp³-hybridized carbons (Fsp3) is 0.211. The van der Waals surface area contributed by atoms with E-state index < -0.39 is 23.4 Å². The molecule has 8 heteroatoms. The number of amides is 4. The lowest BCUT2D eigenvalue weighted by atomic mass is 9.92. The molecule has 1 atom stereocenters. The Kier molecular flexibility index (Phi) is 4.72. The fourth-order valence-electron chi connectivity index (χ4n) is 2.81. The van der Waals surface area contributed by atoms with Crippen LogP contribution < -0.4 is 20.2 Å². The number of imide groups is 1. The maximum absolute atomic E-state index is 12.8. The van der Waals surface area contributed by atoms with Gasteiger partial charge in [0, 0.05) is 11.6 Å². The molecule has 0 aromatic heterocycles. The highest BCUT2D eigenvalue weighted by Crippen LogP contribution is 2.28. The SMILES string of the molecule is COc1cc(OC)cc(C(=O)NN2C(=O)N[C@](C)(c3ccccc3)C2=O)c1. The summed E-state index contributed by atoms with van der Waals surface area (Å²) in [7, 11) is 2.92. The summed E-state index contributed by atoms with van der Waals surface area (Å²) in [5, 5.41) is 3.30. The predicted octanol–water partition coefficient (Wildman–Crippen LogP) is 1.82. The molecule has 1 fully saturated rings. The molecular formula is C19H19N3O5. The van der Waals surface area contributed by atoms with Crippen molar-refractivity contribution >= 4 is 17.8 Å². The summed E-state index contributed by atoms with van der Waals surface area (Å²) in [4.78, 5) is 37.7. The number of urea groups is 1. The number of nitrogens with one attached hydrogen (secondary N) is 2. The molecule has 0 aliphatic carbocycles. The van der Waals surface area contributed by atoms with Crippen molar-refractivity contribution < 1.29 is 23.9 Å². The minimum Gasteiger partial charge on any atom is -0.497 e. The van der Waals surface area contributed by atoms with E-state index in [1.807, 2.05) is 6.07 Å². The number of hydrazine groups is 1. The first-order valence-corrected chi connectivity index (χ1v) is 8.15. The molecule has 2 aromatic carbocycles. The molecule has 0 radical (unpaired) electrons. The third-order valence-corrected chi connectivity index (χ3v) is 4.37. The molecule has 0 unspecified atom stereocenters. The average molecular weight is 369 g/mol. The van der Waals surface area contributed by atoms with Gasteiger partial charge in [0.15, 0.2) is 0 Å². The van der Waals surface area contributed by atoms with Crippen molar-refractivity contribution in [3.8, 4) is 11.5 Å². The molecule has 4 amide bonds. The average Bonchev–Trinajstić information content (AvgIpc) is 2.92. The molecule has 1 heterocycles. The van der Waals surface area contributed by atoms with Crippen molar-refractivity contribution in [1.29, 1.82) is 0 Å². The van der Waals surface area contributed by atoms with Crippen molar-refractivity contribution in [2.45, 2.75) is 12.5 Å². The number of nitrogens with zero attached hydrogens (tertiary/aromatic N) is 1. The molecule has 2 N–H and O–H groups in total. The quantitative estimate of drug-likeness (QED) is 0.784. The van der Waals surface area contributed by atoms with Gasteiger partial charge in [0.25, 0.3) is 11.8 Å². The Balaban J connectivity index is 1.85. The fourth-order valence-corrected chi connectivity index (χ4v) is 2.81. The van der Waals surface area contributed by atoms with Gasteiger partial charge in [0.1, 0.15) is 17.0 Å². The van der Waals surface area contributed by atoms with Crippen LogP contribution in [0, 0.1) is 0 Å². The van der Waals surface area contributed by atoms with Gasteiger partial charge in [-0.2, -0.15) is 5.01 Å². The van der Waals surface area contributed by atoms with Gasteiger partial charge in [-0.3, -0.25) is 15.0 Å². The van der Waals surface area contributed by atoms with Crippen molar-refractivity contribution in [1.82, 2.24) is 15.8 Å². The van der Waals surface area contributed by atoms with Crippen molar-refractivity contribution in [2.75, 3.05) is 14.2 Å². The van der Waals surface area contributed by atoms with E-state index in [1.165, 1.54) is 26.4 Å². The van der Waals surface area contributed by atoms with Gasteiger partial charge in [-0.25, -0.2) is 4.79 Å². The number of ether oxygens (including phenoxy) is 2. The van der Waals surface area contributed by atoms with Gasteiger partial charge in [0.05, 0.1) is 14.2 Å². The van der Waals surface area contributed by atoms with E-state index >= 15 is 0 Å². The lowest BCUT2D eigenvalue weighted by molar-refractivity contribution is -0.132. The van der Waals surface area contributed by atoms with Gasteiger partial charge in [-0.05, 0) is 24.6 Å². The lowest BCUT2D eigenvalue weighted by Crippen LogP contribution is -2.47. The minimum atomic E-state index is -1.27. The van der Waals surface area contributed by atoms with Crippen LogP contribution in [-0.4, -0.2) is 37.1 Å². The summed E-state index contributed by atoms with van der Waals surface area (Å²) in [6.45, 7) is 1.59.